The molecule has 7 aromatic carbocycles. The van der Waals surface area contributed by atoms with Gasteiger partial charge in [-0.3, -0.25) is 58.7 Å². The van der Waals surface area contributed by atoms with Gasteiger partial charge >= 0.3 is 18.2 Å². The number of carbonyl (C=O) groups is 10. The number of rotatable bonds is 20. The third-order valence-electron chi connectivity index (χ3n) is 22.3. The van der Waals surface area contributed by atoms with E-state index in [1.54, 1.807) is 13.8 Å². The number of amides is 9. The number of carbonyl (C=O) groups excluding carboxylic acids is 9. The number of aromatic hydroxyl groups is 3. The van der Waals surface area contributed by atoms with E-state index < -0.39 is 296 Å². The molecule has 1 aliphatic carbocycles. The van der Waals surface area contributed by atoms with Crippen molar-refractivity contribution in [3.05, 3.63) is 197 Å². The highest BCUT2D eigenvalue weighted by molar-refractivity contribution is 6.32. The Bertz CT molecular complexity index is 5460. The third kappa shape index (κ3) is 20.7. The minimum Gasteiger partial charge on any atom is -0.508 e. The molecule has 1 saturated heterocycles. The number of phenolic OH excluding ortho intramolecular Hbond substituents is 3. The highest BCUT2D eigenvalue weighted by atomic mass is 35.5. The lowest BCUT2D eigenvalue weighted by molar-refractivity contribution is -0.385. The Morgan fingerprint density at radius 2 is 1.28 bits per heavy atom. The lowest BCUT2D eigenvalue weighted by Gasteiger charge is -2.48. The first kappa shape index (κ1) is 92.6. The number of primary amides is 1. The van der Waals surface area contributed by atoms with Crippen LogP contribution in [0, 0.1) is 39.0 Å². The Morgan fingerprint density at radius 3 is 1.87 bits per heavy atom. The molecule has 18 atom stereocenters. The second-order valence-electron chi connectivity index (χ2n) is 31.8. The average molecular weight is 1790 g/mol. The first-order valence-electron chi connectivity index (χ1n) is 39.6. The molecule has 2 fully saturated rings. The number of nitro benzene ring substituents is 2. The molecule has 7 aliphatic rings. The summed E-state index contributed by atoms with van der Waals surface area (Å²) in [7, 11) is 1.19. The van der Waals surface area contributed by atoms with Gasteiger partial charge in [0.2, 0.25) is 47.1 Å². The molecule has 127 heavy (non-hydrogen) atoms. The number of non-ortho nitro benzene ring substituents is 2. The van der Waals surface area contributed by atoms with E-state index in [2.05, 4.69) is 37.2 Å². The molecule has 1 saturated carbocycles. The predicted octanol–water partition coefficient (Wildman–Crippen LogP) is 4.26. The van der Waals surface area contributed by atoms with Gasteiger partial charge in [0.05, 0.1) is 39.0 Å². The molecule has 0 unspecified atom stereocenters. The monoisotopic (exact) mass is 1780 g/mol. The molecule has 6 heterocycles. The average Bonchev–Trinajstić information content (AvgIpc) is 0.766. The van der Waals surface area contributed by atoms with Gasteiger partial charge in [0.1, 0.15) is 115 Å². The van der Waals surface area contributed by atoms with E-state index >= 15 is 28.8 Å². The number of carboxylic acids is 1. The van der Waals surface area contributed by atoms with Gasteiger partial charge in [0.25, 0.3) is 11.4 Å². The Kier molecular flexibility index (Phi) is 28.1. The van der Waals surface area contributed by atoms with E-state index in [-0.39, 0.29) is 40.2 Å². The molecule has 0 radical (unpaired) electrons. The van der Waals surface area contributed by atoms with E-state index in [1.165, 1.54) is 94.5 Å². The summed E-state index contributed by atoms with van der Waals surface area (Å²) in [6, 6.07) is 8.29. The molecule has 19 N–H and O–H groups in total. The number of aliphatic hydroxyl groups excluding tert-OH is 6. The molecule has 42 nitrogen and oxygen atoms in total. The summed E-state index contributed by atoms with van der Waals surface area (Å²) < 4.78 is 44.4. The van der Waals surface area contributed by atoms with Gasteiger partial charge in [-0.15, -0.1) is 0 Å². The topological polar surface area (TPSA) is 637 Å². The second kappa shape index (κ2) is 38.5. The zero-order valence-corrected chi connectivity index (χ0v) is 69.1. The number of alkyl carbamates (subject to hydrolysis) is 1. The summed E-state index contributed by atoms with van der Waals surface area (Å²) in [6.45, 7) is 5.93. The van der Waals surface area contributed by atoms with Crippen LogP contribution in [0.3, 0.4) is 0 Å². The Hall–Kier alpha value is -13.6. The number of fused-ring (bicyclic) bond motifs is 15. The van der Waals surface area contributed by atoms with Crippen molar-refractivity contribution in [3.8, 4) is 57.1 Å². The number of hydrogen-bond donors (Lipinski definition) is 18. The molecule has 11 bridgehead atoms. The number of likely N-dealkylation sites (N-methyl/N-ethyl adjacent to an activating group) is 1. The molecule has 7 aromatic rings. The van der Waals surface area contributed by atoms with Crippen LogP contribution in [0.4, 0.5) is 21.0 Å². The van der Waals surface area contributed by atoms with Gasteiger partial charge in [-0.25, -0.2) is 14.4 Å². The van der Waals surface area contributed by atoms with Crippen molar-refractivity contribution in [1.29, 1.82) is 0 Å². The summed E-state index contributed by atoms with van der Waals surface area (Å²) in [5, 5.41) is 157. The number of nitrogens with zero attached hydrogens (tertiary/aromatic N) is 3. The Balaban J connectivity index is 1.02. The molecular weight excluding hydrogens is 1690 g/mol. The zero-order chi connectivity index (χ0) is 92.2. The van der Waals surface area contributed by atoms with Crippen molar-refractivity contribution in [2.45, 2.75) is 176 Å². The highest BCUT2D eigenvalue weighted by Gasteiger charge is 2.53. The number of ether oxygens (including phenoxy) is 7. The lowest BCUT2D eigenvalue weighted by atomic mass is 9.80. The number of hydrogen-bond acceptors (Lipinski definition) is 30. The van der Waals surface area contributed by atoms with E-state index in [0.717, 1.165) is 65.6 Å². The van der Waals surface area contributed by atoms with Crippen molar-refractivity contribution in [3.63, 3.8) is 0 Å². The summed E-state index contributed by atoms with van der Waals surface area (Å²) in [6.07, 6.45) is -20.8. The van der Waals surface area contributed by atoms with Crippen LogP contribution in [-0.2, 0) is 70.5 Å². The van der Waals surface area contributed by atoms with E-state index in [4.69, 9.17) is 50.5 Å². The van der Waals surface area contributed by atoms with Crippen molar-refractivity contribution >= 4 is 82.5 Å². The highest BCUT2D eigenvalue weighted by Crippen LogP contribution is 2.50. The van der Waals surface area contributed by atoms with Crippen LogP contribution >= 0.6 is 11.6 Å². The SMILES string of the molecule is Cc1cc2ccc1Oc1cc3cc(c1O[C@@H]1C[C@H](CO)[C@@H](O)[C@H](O)[C@H]1O[C@H]1C[C@](C)(NC(=O)OCc4ccc([N+](=O)[O-])cc4)[C@H](O)[C@H](C)O1)Oc1ccc(cc1Cl)[C@@H](O)[C@@H]1NC(=O)[C@H](NC(=O)[C@@H]3NC(=O)[C@H](CC(N)=O)NC(=O)[C@H](NC(=O)[C@@H](CC(C)C)N(C)C(=O)OCc3ccc([N+](=O)[O-])cc3)[C@@H]2O)c2ccc(O)c(c2)-c2c(O)cc(O)cc2[C@@H](C(=O)O)NC1=O. The fourth-order valence-electron chi connectivity index (χ4n) is 15.5. The summed E-state index contributed by atoms with van der Waals surface area (Å²) >= 11 is 7.16. The minimum atomic E-state index is -2.43. The number of carboxylic acid groups (broad SMARTS) is 1. The maximum atomic E-state index is 16.4. The fraction of sp³-hybridized carbons (Fsp3) is 0.381. The van der Waals surface area contributed by atoms with E-state index in [0.29, 0.717) is 11.1 Å². The van der Waals surface area contributed by atoms with Crippen LogP contribution < -0.4 is 57.2 Å². The van der Waals surface area contributed by atoms with Crippen LogP contribution in [0.25, 0.3) is 11.1 Å². The maximum Gasteiger partial charge on any atom is 0.410 e. The van der Waals surface area contributed by atoms with Crippen molar-refractivity contribution < 1.29 is 142 Å². The molecule has 14 rings (SSSR count). The lowest BCUT2D eigenvalue weighted by Crippen LogP contribution is -2.65. The Morgan fingerprint density at radius 1 is 0.685 bits per heavy atom. The molecule has 0 spiro atoms. The normalized spacial score (nSPS) is 25.5. The van der Waals surface area contributed by atoms with Crippen LogP contribution in [0.2, 0.25) is 5.02 Å². The molecular formula is C84H90ClN11O31. The quantitative estimate of drug-likeness (QED) is 0.0374. The number of aliphatic hydroxyl groups is 6. The summed E-state index contributed by atoms with van der Waals surface area (Å²) in [5.74, 6) is -18.3. The number of nitro groups is 2. The molecule has 6 aliphatic heterocycles. The standard InChI is InChI=1S/C84H90ClN11O31/c1-35(2)21-52(94(6)83(116)122-34-39-9-16-46(17-10-39)96(119)120)76(108)91-66-68(102)41-12-19-55(36(3)22-41)124-57-25-43-26-58(72(57)126-59-27-44(32-97)70(104)71(105)73(59)127-61-31-84(5,74(106)37(4)123-61)93-82(115)121-33-38-7-14-45(15-8-38)95(117)118)125-56-20-13-42(24-50(56)85)69(103)67-80(112)90-65(81(113)114)49-28-47(98)29-54(100)62(49)48-23-40(11-18-53(48)99)63(77(109)92-67)89-78(110)64(43)88-75(107)51(30-60(86)101)87-79(66)111/h7-20,22-26,28-29,35,37,44,51-52,59,61,63-71,73-74,97-100,102-106H,21,27,30-34H2,1-6H3,(H2,86,101)(H,87,111)(H,88,107)(H,89,110)(H,90,112)(H,91,108)(H,92,109)(H,93,115)(H,113,114)/t37-,44+,51-,52+,59+,61-,63+,64+,65-,66+,67-,68+,69+,70+,71-,73-,74+,84-/m0/s1. The molecule has 0 aromatic heterocycles. The van der Waals surface area contributed by atoms with Gasteiger partial charge in [-0.05, 0) is 157 Å². The number of aryl methyl sites for hydroxylation is 1. The largest absolute Gasteiger partial charge is 0.508 e. The second-order valence-corrected chi connectivity index (χ2v) is 32.2. The van der Waals surface area contributed by atoms with Gasteiger partial charge in [0, 0.05) is 73.0 Å². The molecule has 9 amide bonds. The van der Waals surface area contributed by atoms with Gasteiger partial charge in [0.15, 0.2) is 23.8 Å². The first-order chi connectivity index (χ1) is 60.1. The van der Waals surface area contributed by atoms with Crippen LogP contribution in [0.1, 0.15) is 128 Å². The summed E-state index contributed by atoms with van der Waals surface area (Å²) in [4.78, 5) is 170. The number of nitrogens with one attached hydrogen (secondary N) is 7. The van der Waals surface area contributed by atoms with Crippen molar-refractivity contribution in [2.24, 2.45) is 17.6 Å². The number of aliphatic carboxylic acids is 1. The number of halogens is 1. The predicted molar refractivity (Wildman–Crippen MR) is 436 cm³/mol. The third-order valence-corrected chi connectivity index (χ3v) is 22.6. The van der Waals surface area contributed by atoms with Gasteiger partial charge in [-0.1, -0.05) is 43.6 Å². The van der Waals surface area contributed by atoms with Crippen LogP contribution in [0.5, 0.6) is 46.0 Å². The fourth-order valence-corrected chi connectivity index (χ4v) is 15.7. The zero-order valence-electron chi connectivity index (χ0n) is 68.3. The number of benzene rings is 7. The maximum absolute atomic E-state index is 16.4. The number of phenols is 3. The van der Waals surface area contributed by atoms with E-state index in [1.807, 2.05) is 0 Å². The van der Waals surface area contributed by atoms with Crippen LogP contribution in [-0.4, -0.2) is 212 Å². The van der Waals surface area contributed by atoms with E-state index in [9.17, 15) is 90.5 Å². The minimum absolute atomic E-state index is 0.0531. The first-order valence-corrected chi connectivity index (χ1v) is 39.9. The Labute approximate surface area is 725 Å². The molecule has 43 heteroatoms. The number of nitrogens with two attached hydrogens (primary N) is 1. The van der Waals surface area contributed by atoms with Crippen LogP contribution in [0.15, 0.2) is 127 Å². The summed E-state index contributed by atoms with van der Waals surface area (Å²) in [5.41, 5.74) is 1.22. The van der Waals surface area contributed by atoms with Gasteiger partial charge < -0.3 is 127 Å². The van der Waals surface area contributed by atoms with Gasteiger partial charge in [-0.2, -0.15) is 0 Å². The van der Waals surface area contributed by atoms with Crippen molar-refractivity contribution in [1.82, 2.24) is 42.1 Å². The molecule has 674 valence electrons. The van der Waals surface area contributed by atoms with Crippen molar-refractivity contribution in [2.75, 3.05) is 13.7 Å². The smallest absolute Gasteiger partial charge is 0.410 e.